The van der Waals surface area contributed by atoms with E-state index in [-0.39, 0.29) is 0 Å². The number of rotatable bonds is 4. The Morgan fingerprint density at radius 3 is 1.09 bits per heavy atom. The summed E-state index contributed by atoms with van der Waals surface area (Å²) in [6, 6.07) is 78.9. The van der Waals surface area contributed by atoms with Gasteiger partial charge in [0.2, 0.25) is 5.69 Å². The number of fused-ring (bicyclic) bond motifs is 21. The number of hydrogen-bond acceptors (Lipinski definition) is 4. The Morgan fingerprint density at radius 2 is 0.684 bits per heavy atom. The lowest BCUT2D eigenvalue weighted by atomic mass is 9.93. The molecule has 0 N–H and O–H groups in total. The molecule has 0 spiro atoms. The Morgan fingerprint density at radius 1 is 0.342 bits per heavy atom. The molecule has 8 heteroatoms. The zero-order valence-corrected chi connectivity index (χ0v) is 42.6. The smallest absolute Gasteiger partial charge is 0.236 e. The molecule has 6 heterocycles. The quantitative estimate of drug-likeness (QED) is 0.162. The molecule has 17 aromatic rings. The molecular weight excluding hydrogens is 983 g/mol. The van der Waals surface area contributed by atoms with E-state index in [4.69, 9.17) is 4.85 Å². The van der Waals surface area contributed by atoms with E-state index in [1.54, 1.807) is 34.0 Å². The molecule has 6 aromatic heterocycles. The van der Waals surface area contributed by atoms with Crippen molar-refractivity contribution in [3.8, 4) is 34.3 Å². The molecule has 0 aliphatic carbocycles. The SMILES string of the molecule is [C-]#[N+]c1c(-n2c3ccccc3c3ccc4c5ccccc5sc4c32)c(C#N)c(-n2c3ccccc3c3ccc4c5ccccc5sc4c32)c(-c2ccccc2)c1-n1c2ccccc2c2ccc3c4ccccc4sc3c21. The summed E-state index contributed by atoms with van der Waals surface area (Å²) in [6.45, 7) is 9.86. The normalized spacial score (nSPS) is 12.2. The van der Waals surface area contributed by atoms with Gasteiger partial charge in [0.25, 0.3) is 0 Å². The highest BCUT2D eigenvalue weighted by atomic mass is 32.1. The van der Waals surface area contributed by atoms with Gasteiger partial charge in [0.15, 0.2) is 0 Å². The maximum Gasteiger partial charge on any atom is 0.236 e. The summed E-state index contributed by atoms with van der Waals surface area (Å²) in [5.41, 5.74) is 10.5. The minimum Gasteiger partial charge on any atom is -0.317 e. The molecule has 0 amide bonds. The van der Waals surface area contributed by atoms with Crippen LogP contribution in [0.2, 0.25) is 0 Å². The van der Waals surface area contributed by atoms with Crippen LogP contribution < -0.4 is 0 Å². The van der Waals surface area contributed by atoms with Crippen molar-refractivity contribution in [1.29, 1.82) is 5.26 Å². The second-order valence-electron chi connectivity index (χ2n) is 19.6. The third-order valence-corrected chi connectivity index (χ3v) is 19.5. The predicted molar refractivity (Wildman–Crippen MR) is 325 cm³/mol. The van der Waals surface area contributed by atoms with Gasteiger partial charge in [0, 0.05) is 84.3 Å². The zero-order chi connectivity index (χ0) is 49.9. The third-order valence-electron chi connectivity index (χ3n) is 15.9. The maximum absolute atomic E-state index is 12.6. The van der Waals surface area contributed by atoms with Crippen LogP contribution in [0.5, 0.6) is 0 Å². The lowest BCUT2D eigenvalue weighted by Crippen LogP contribution is -2.11. The van der Waals surface area contributed by atoms with Gasteiger partial charge in [-0.3, -0.25) is 0 Å². The van der Waals surface area contributed by atoms with Gasteiger partial charge in [-0.15, -0.1) is 34.0 Å². The molecule has 0 atom stereocenters. The monoisotopic (exact) mass is 1020 g/mol. The van der Waals surface area contributed by atoms with Crippen molar-refractivity contribution >= 4 is 166 Å². The molecule has 76 heavy (non-hydrogen) atoms. The van der Waals surface area contributed by atoms with Crippen LogP contribution in [-0.4, -0.2) is 13.7 Å². The standard InChI is InChI=1S/C68H35N5S3/c1-70-59-61(72-53-26-12-6-20-40(53)46-32-35-49-43-23-9-15-29-56(43)75-67(49)63(46)72)51(37-69)60(71-52-25-11-5-19-39(52)45-31-34-48-42-22-8-14-28-55(42)74-66(48)62(45)71)58(38-17-3-2-4-18-38)65(59)73-54-27-13-7-21-41(54)47-33-36-50-44-24-10-16-30-57(44)76-68(50)64(47)73/h2-36H. The van der Waals surface area contributed by atoms with Crippen molar-refractivity contribution in [1.82, 2.24) is 13.7 Å². The summed E-state index contributed by atoms with van der Waals surface area (Å²) < 4.78 is 14.1. The fourth-order valence-electron chi connectivity index (χ4n) is 12.8. The predicted octanol–water partition coefficient (Wildman–Crippen LogP) is 20.2. The number of thiophene rings is 3. The van der Waals surface area contributed by atoms with Gasteiger partial charge < -0.3 is 13.7 Å². The molecule has 17 rings (SSSR count). The average molecular weight is 1020 g/mol. The molecule has 5 nitrogen and oxygen atoms in total. The van der Waals surface area contributed by atoms with Crippen LogP contribution in [0.1, 0.15) is 5.56 Å². The van der Waals surface area contributed by atoms with Crippen LogP contribution in [0.3, 0.4) is 0 Å². The van der Waals surface area contributed by atoms with Gasteiger partial charge in [-0.2, -0.15) is 5.26 Å². The van der Waals surface area contributed by atoms with Crippen molar-refractivity contribution in [2.45, 2.75) is 0 Å². The molecule has 0 aliphatic rings. The average Bonchev–Trinajstić information content (AvgIpc) is 4.47. The van der Waals surface area contributed by atoms with E-state index in [0.29, 0.717) is 16.9 Å². The largest absolute Gasteiger partial charge is 0.317 e. The van der Waals surface area contributed by atoms with Crippen molar-refractivity contribution < 1.29 is 0 Å². The van der Waals surface area contributed by atoms with Crippen LogP contribution >= 0.6 is 34.0 Å². The van der Waals surface area contributed by atoms with Crippen LogP contribution in [-0.2, 0) is 0 Å². The van der Waals surface area contributed by atoms with Crippen molar-refractivity contribution in [2.75, 3.05) is 0 Å². The first-order valence-corrected chi connectivity index (χ1v) is 27.7. The van der Waals surface area contributed by atoms with Gasteiger partial charge in [0.1, 0.15) is 6.07 Å². The molecule has 0 saturated carbocycles. The van der Waals surface area contributed by atoms with Gasteiger partial charge in [0.05, 0.1) is 76.4 Å². The summed E-state index contributed by atoms with van der Waals surface area (Å²) in [5, 5.41) is 26.2. The molecule has 0 saturated heterocycles. The van der Waals surface area contributed by atoms with Crippen LogP contribution in [0.25, 0.3) is 159 Å². The summed E-state index contributed by atoms with van der Waals surface area (Å²) in [4.78, 5) is 4.83. The summed E-state index contributed by atoms with van der Waals surface area (Å²) >= 11 is 5.37. The first kappa shape index (κ1) is 41.9. The number of para-hydroxylation sites is 3. The molecular formula is C68H35N5S3. The summed E-state index contributed by atoms with van der Waals surface area (Å²) in [7, 11) is 0. The maximum atomic E-state index is 12.6. The van der Waals surface area contributed by atoms with Crippen molar-refractivity contribution in [3.05, 3.63) is 229 Å². The highest BCUT2D eigenvalue weighted by Gasteiger charge is 2.34. The number of hydrogen-bond donors (Lipinski definition) is 0. The Kier molecular flexibility index (Phi) is 8.54. The first-order valence-electron chi connectivity index (χ1n) is 25.3. The van der Waals surface area contributed by atoms with Crippen LogP contribution in [0.4, 0.5) is 5.69 Å². The molecule has 0 aliphatic heterocycles. The third kappa shape index (κ3) is 5.39. The van der Waals surface area contributed by atoms with Crippen molar-refractivity contribution in [3.63, 3.8) is 0 Å². The number of aromatic nitrogens is 3. The molecule has 350 valence electrons. The van der Waals surface area contributed by atoms with E-state index in [2.05, 4.69) is 232 Å². The zero-order valence-electron chi connectivity index (χ0n) is 40.2. The highest BCUT2D eigenvalue weighted by Crippen LogP contribution is 2.55. The Bertz CT molecular complexity index is 5280. The molecule has 0 unspecified atom stereocenters. The minimum absolute atomic E-state index is 0.397. The minimum atomic E-state index is 0.397. The van der Waals surface area contributed by atoms with E-state index in [1.165, 1.54) is 41.0 Å². The Labute approximate surface area is 445 Å². The molecule has 0 fully saturated rings. The van der Waals surface area contributed by atoms with Crippen LogP contribution in [0, 0.1) is 17.9 Å². The molecule has 0 bridgehead atoms. The summed E-state index contributed by atoms with van der Waals surface area (Å²) in [5.74, 6) is 0. The molecule has 0 radical (unpaired) electrons. The van der Waals surface area contributed by atoms with Gasteiger partial charge in [-0.05, 0) is 42.0 Å². The second kappa shape index (κ2) is 15.5. The number of benzene rings is 11. The van der Waals surface area contributed by atoms with E-state index >= 15 is 0 Å². The van der Waals surface area contributed by atoms with Gasteiger partial charge >= 0.3 is 0 Å². The molecule has 11 aromatic carbocycles. The topological polar surface area (TPSA) is 42.9 Å². The van der Waals surface area contributed by atoms with E-state index in [1.807, 2.05) is 0 Å². The fourth-order valence-corrected chi connectivity index (χ4v) is 16.6. The van der Waals surface area contributed by atoms with Crippen molar-refractivity contribution in [2.24, 2.45) is 0 Å². The van der Waals surface area contributed by atoms with E-state index < -0.39 is 0 Å². The Balaban J connectivity index is 1.19. The first-order chi connectivity index (χ1) is 37.7. The second-order valence-corrected chi connectivity index (χ2v) is 22.8. The lowest BCUT2D eigenvalue weighted by Gasteiger charge is -2.26. The summed E-state index contributed by atoms with van der Waals surface area (Å²) in [6.07, 6.45) is 0. The highest BCUT2D eigenvalue weighted by molar-refractivity contribution is 7.27. The number of nitriles is 1. The van der Waals surface area contributed by atoms with E-state index in [0.717, 1.165) is 107 Å². The Hall–Kier alpha value is -9.54. The fraction of sp³-hybridized carbons (Fsp3) is 0. The number of nitrogens with zero attached hydrogens (tertiary/aromatic N) is 5. The van der Waals surface area contributed by atoms with E-state index in [9.17, 15) is 11.8 Å². The lowest BCUT2D eigenvalue weighted by molar-refractivity contribution is 1.10. The van der Waals surface area contributed by atoms with Gasteiger partial charge in [-0.25, -0.2) is 4.85 Å². The van der Waals surface area contributed by atoms with Crippen LogP contribution in [0.15, 0.2) is 212 Å². The van der Waals surface area contributed by atoms with Gasteiger partial charge in [-0.1, -0.05) is 176 Å².